The van der Waals surface area contributed by atoms with Crippen LogP contribution >= 0.6 is 11.8 Å². The van der Waals surface area contributed by atoms with E-state index in [1.807, 2.05) is 53.7 Å². The van der Waals surface area contributed by atoms with Crippen LogP contribution in [-0.2, 0) is 11.4 Å². The Morgan fingerprint density at radius 2 is 2.04 bits per heavy atom. The second-order valence-corrected chi connectivity index (χ2v) is 8.63. The Morgan fingerprint density at radius 3 is 2.65 bits per heavy atom. The summed E-state index contributed by atoms with van der Waals surface area (Å²) in [6, 6.07) is 5.97. The van der Waals surface area contributed by atoms with Crippen LogP contribution in [0.4, 0.5) is 0 Å². The first kappa shape index (κ1) is 20.1. The normalized spacial score (nSPS) is 12.7. The Kier molecular flexibility index (Phi) is 6.17. The van der Waals surface area contributed by atoms with E-state index in [0.717, 1.165) is 11.3 Å². The van der Waals surface area contributed by atoms with Gasteiger partial charge in [0.25, 0.3) is 0 Å². The molecule has 0 fully saturated rings. The first-order valence-electron chi connectivity index (χ1n) is 8.45. The van der Waals surface area contributed by atoms with Crippen LogP contribution in [0.1, 0.15) is 44.6 Å². The molecule has 1 heterocycles. The number of nitrogen functional groups attached to an aromatic ring is 1. The van der Waals surface area contributed by atoms with Gasteiger partial charge in [0.15, 0.2) is 5.82 Å². The highest BCUT2D eigenvalue weighted by molar-refractivity contribution is 8.00. The molecule has 1 amide bonds. The van der Waals surface area contributed by atoms with E-state index in [0.29, 0.717) is 11.0 Å². The van der Waals surface area contributed by atoms with E-state index in [1.165, 1.54) is 22.0 Å². The number of nitrogens with zero attached hydrogens (tertiary/aromatic N) is 3. The third kappa shape index (κ3) is 5.39. The van der Waals surface area contributed by atoms with E-state index in [2.05, 4.69) is 21.6 Å². The van der Waals surface area contributed by atoms with Crippen LogP contribution in [0.2, 0.25) is 0 Å². The van der Waals surface area contributed by atoms with Gasteiger partial charge in [-0.3, -0.25) is 4.79 Å². The number of aryl methyl sites for hydroxylation is 2. The van der Waals surface area contributed by atoms with E-state index in [-0.39, 0.29) is 23.3 Å². The monoisotopic (exact) mass is 377 g/mol. The molecule has 0 aliphatic rings. The molecular weight excluding hydrogens is 350 g/mol. The smallest absolute Gasteiger partial charge is 0.233 e. The molecule has 0 radical (unpaired) electrons. The zero-order chi connectivity index (χ0) is 19.5. The molecule has 0 saturated heterocycles. The predicted molar refractivity (Wildman–Crippen MR) is 104 cm³/mol. The summed E-state index contributed by atoms with van der Waals surface area (Å²) in [6.45, 7) is 11.9. The van der Waals surface area contributed by atoms with Crippen LogP contribution in [0.25, 0.3) is 0 Å². The molecule has 8 heteroatoms. The van der Waals surface area contributed by atoms with Crippen LogP contribution in [0.3, 0.4) is 0 Å². The Hall–Kier alpha value is -2.22. The number of carbonyl (C=O) groups excluding carboxylic acids is 1. The molecule has 0 aliphatic carbocycles. The van der Waals surface area contributed by atoms with Crippen molar-refractivity contribution >= 4 is 17.7 Å². The van der Waals surface area contributed by atoms with Crippen molar-refractivity contribution < 1.29 is 9.53 Å². The minimum absolute atomic E-state index is 0.0708. The lowest BCUT2D eigenvalue weighted by Crippen LogP contribution is -2.44. The zero-order valence-electron chi connectivity index (χ0n) is 16.2. The molecule has 0 saturated carbocycles. The second kappa shape index (κ2) is 7.99. The lowest BCUT2D eigenvalue weighted by Gasteiger charge is -2.22. The van der Waals surface area contributed by atoms with E-state index < -0.39 is 0 Å². The minimum atomic E-state index is -0.339. The number of hydrogen-bond donors (Lipinski definition) is 2. The minimum Gasteiger partial charge on any atom is -0.485 e. The van der Waals surface area contributed by atoms with E-state index in [1.54, 1.807) is 0 Å². The molecule has 0 spiro atoms. The molecule has 26 heavy (non-hydrogen) atoms. The van der Waals surface area contributed by atoms with Gasteiger partial charge in [0.2, 0.25) is 11.1 Å². The number of aromatic nitrogens is 3. The molecule has 7 nitrogen and oxygen atoms in total. The fraction of sp³-hybridized carbons (Fsp3) is 0.500. The number of hydrogen-bond acceptors (Lipinski definition) is 6. The highest BCUT2D eigenvalue weighted by Crippen LogP contribution is 2.23. The summed E-state index contributed by atoms with van der Waals surface area (Å²) in [7, 11) is 0. The maximum Gasteiger partial charge on any atom is 0.233 e. The fourth-order valence-electron chi connectivity index (χ4n) is 2.27. The molecule has 2 aromatic rings. The zero-order valence-corrected chi connectivity index (χ0v) is 17.0. The SMILES string of the molecule is Cc1ccc(OCc2nnc(S[C@@H](C)C(=O)NC(C)(C)C)n2N)c(C)c1. The molecule has 0 bridgehead atoms. The summed E-state index contributed by atoms with van der Waals surface area (Å²) in [6.07, 6.45) is 0. The maximum absolute atomic E-state index is 12.2. The number of ether oxygens (including phenoxy) is 1. The van der Waals surface area contributed by atoms with Gasteiger partial charge in [-0.1, -0.05) is 29.5 Å². The Balaban J connectivity index is 1.99. The van der Waals surface area contributed by atoms with Crippen molar-refractivity contribution in [3.63, 3.8) is 0 Å². The van der Waals surface area contributed by atoms with Crippen LogP contribution in [0, 0.1) is 13.8 Å². The lowest BCUT2D eigenvalue weighted by atomic mass is 10.1. The summed E-state index contributed by atoms with van der Waals surface area (Å²) >= 11 is 1.26. The highest BCUT2D eigenvalue weighted by Gasteiger charge is 2.23. The average molecular weight is 378 g/mol. The maximum atomic E-state index is 12.2. The van der Waals surface area contributed by atoms with E-state index in [9.17, 15) is 4.79 Å². The Labute approximate surface area is 158 Å². The molecule has 2 rings (SSSR count). The summed E-state index contributed by atoms with van der Waals surface area (Å²) in [5, 5.41) is 11.2. The second-order valence-electron chi connectivity index (χ2n) is 7.33. The highest BCUT2D eigenvalue weighted by atomic mass is 32.2. The Bertz CT molecular complexity index is 782. The number of benzene rings is 1. The molecule has 0 aliphatic heterocycles. The first-order chi connectivity index (χ1) is 12.1. The van der Waals surface area contributed by atoms with Crippen molar-refractivity contribution in [1.29, 1.82) is 0 Å². The molecular formula is C18H27N5O2S. The van der Waals surface area contributed by atoms with Gasteiger partial charge in [-0.15, -0.1) is 10.2 Å². The largest absolute Gasteiger partial charge is 0.485 e. The molecule has 1 atom stereocenters. The van der Waals surface area contributed by atoms with Crippen molar-refractivity contribution in [2.24, 2.45) is 0 Å². The first-order valence-corrected chi connectivity index (χ1v) is 9.33. The number of thioether (sulfide) groups is 1. The van der Waals surface area contributed by atoms with Gasteiger partial charge in [0.1, 0.15) is 12.4 Å². The Morgan fingerprint density at radius 1 is 1.35 bits per heavy atom. The van der Waals surface area contributed by atoms with Gasteiger partial charge in [0.05, 0.1) is 5.25 Å². The lowest BCUT2D eigenvalue weighted by molar-refractivity contribution is -0.121. The van der Waals surface area contributed by atoms with Gasteiger partial charge in [0, 0.05) is 5.54 Å². The summed E-state index contributed by atoms with van der Waals surface area (Å²) in [5.41, 5.74) is 1.95. The van der Waals surface area contributed by atoms with Gasteiger partial charge in [-0.05, 0) is 53.2 Å². The van der Waals surface area contributed by atoms with Crippen molar-refractivity contribution in [1.82, 2.24) is 20.2 Å². The van der Waals surface area contributed by atoms with Crippen molar-refractivity contribution in [3.8, 4) is 5.75 Å². The van der Waals surface area contributed by atoms with Gasteiger partial charge in [-0.2, -0.15) is 0 Å². The van der Waals surface area contributed by atoms with Crippen molar-refractivity contribution in [2.75, 3.05) is 5.84 Å². The summed E-state index contributed by atoms with van der Waals surface area (Å²) < 4.78 is 7.17. The molecule has 0 unspecified atom stereocenters. The third-order valence-electron chi connectivity index (χ3n) is 3.57. The van der Waals surface area contributed by atoms with Gasteiger partial charge < -0.3 is 15.9 Å². The van der Waals surface area contributed by atoms with Crippen molar-refractivity contribution in [2.45, 2.75) is 64.1 Å². The van der Waals surface area contributed by atoms with Gasteiger partial charge in [-0.25, -0.2) is 4.68 Å². The molecule has 3 N–H and O–H groups in total. The molecule has 142 valence electrons. The predicted octanol–water partition coefficient (Wildman–Crippen LogP) is 2.58. The van der Waals surface area contributed by atoms with Crippen molar-refractivity contribution in [3.05, 3.63) is 35.2 Å². The number of carbonyl (C=O) groups is 1. The topological polar surface area (TPSA) is 95.1 Å². The fourth-order valence-corrected chi connectivity index (χ4v) is 3.06. The van der Waals surface area contributed by atoms with E-state index >= 15 is 0 Å². The number of rotatable bonds is 6. The standard InChI is InChI=1S/C18H27N5O2S/c1-11-7-8-14(12(2)9-11)25-10-15-21-22-17(23(15)19)26-13(3)16(24)20-18(4,5)6/h7-9,13H,10,19H2,1-6H3,(H,20,24)/t13-/m0/s1. The molecule has 1 aromatic carbocycles. The van der Waals surface area contributed by atoms with Crippen LogP contribution in [0.15, 0.2) is 23.4 Å². The summed E-state index contributed by atoms with van der Waals surface area (Å²) in [4.78, 5) is 12.2. The van der Waals surface area contributed by atoms with Crippen LogP contribution < -0.4 is 15.9 Å². The summed E-state index contributed by atoms with van der Waals surface area (Å²) in [5.74, 6) is 7.27. The third-order valence-corrected chi connectivity index (χ3v) is 4.63. The molecule has 1 aromatic heterocycles. The number of amides is 1. The van der Waals surface area contributed by atoms with Crippen LogP contribution in [0.5, 0.6) is 5.75 Å². The quantitative estimate of drug-likeness (QED) is 0.593. The number of nitrogens with two attached hydrogens (primary N) is 1. The average Bonchev–Trinajstić information content (AvgIpc) is 2.85. The van der Waals surface area contributed by atoms with E-state index in [4.69, 9.17) is 10.6 Å². The number of nitrogens with one attached hydrogen (secondary N) is 1. The van der Waals surface area contributed by atoms with Gasteiger partial charge >= 0.3 is 0 Å². The van der Waals surface area contributed by atoms with Crippen LogP contribution in [-0.4, -0.2) is 31.6 Å².